The van der Waals surface area contributed by atoms with Crippen LogP contribution in [0, 0.1) is 0 Å². The molecule has 1 N–H and O–H groups in total. The van der Waals surface area contributed by atoms with E-state index in [-0.39, 0.29) is 11.9 Å². The van der Waals surface area contributed by atoms with E-state index in [2.05, 4.69) is 30.5 Å². The second kappa shape index (κ2) is 6.78. The molecule has 132 valence electrons. The summed E-state index contributed by atoms with van der Waals surface area (Å²) in [6.45, 7) is 1.80. The van der Waals surface area contributed by atoms with E-state index >= 15 is 0 Å². The monoisotopic (exact) mass is 341 g/mol. The molecule has 0 saturated carbocycles. The van der Waals surface area contributed by atoms with Crippen LogP contribution in [0.5, 0.6) is 0 Å². The number of nitrogens with one attached hydrogen (secondary N) is 1. The number of aromatic nitrogens is 5. The first-order valence-electron chi connectivity index (χ1n) is 8.95. The summed E-state index contributed by atoms with van der Waals surface area (Å²) in [5.74, 6) is 0.953. The van der Waals surface area contributed by atoms with Gasteiger partial charge < -0.3 is 10.2 Å². The van der Waals surface area contributed by atoms with E-state index in [1.54, 1.807) is 19.6 Å². The maximum atomic E-state index is 12.2. The molecular formula is C17H23N7O. The van der Waals surface area contributed by atoms with Gasteiger partial charge in [0, 0.05) is 37.4 Å². The Balaban J connectivity index is 1.38. The van der Waals surface area contributed by atoms with Gasteiger partial charge in [-0.3, -0.25) is 9.48 Å². The number of hydrogen-bond donors (Lipinski definition) is 1. The van der Waals surface area contributed by atoms with Gasteiger partial charge in [0.15, 0.2) is 5.69 Å². The standard InChI is InChI=1S/C17H23N7O/c1-23-10-15(21-22-23)17(25)20-12-6-8-24(9-7-12)16-13-4-2-3-5-14(13)18-11-19-16/h10-12H,2-9H2,1H3,(H,20,25). The van der Waals surface area contributed by atoms with Crippen LogP contribution in [0.2, 0.25) is 0 Å². The Bertz CT molecular complexity index is 764. The van der Waals surface area contributed by atoms with Gasteiger partial charge in [0.25, 0.3) is 5.91 Å². The van der Waals surface area contributed by atoms with Crippen molar-refractivity contribution in [2.75, 3.05) is 18.0 Å². The number of aryl methyl sites for hydroxylation is 2. The molecule has 2 aromatic heterocycles. The molecule has 8 nitrogen and oxygen atoms in total. The first kappa shape index (κ1) is 16.0. The normalized spacial score (nSPS) is 18.0. The van der Waals surface area contributed by atoms with Crippen LogP contribution in [0.4, 0.5) is 5.82 Å². The molecular weight excluding hydrogens is 318 g/mol. The summed E-state index contributed by atoms with van der Waals surface area (Å²) in [6.07, 6.45) is 9.73. The van der Waals surface area contributed by atoms with Crippen molar-refractivity contribution in [3.05, 3.63) is 29.5 Å². The fourth-order valence-electron chi connectivity index (χ4n) is 3.72. The second-order valence-electron chi connectivity index (χ2n) is 6.84. The van der Waals surface area contributed by atoms with Crippen LogP contribution >= 0.6 is 0 Å². The third kappa shape index (κ3) is 3.33. The summed E-state index contributed by atoms with van der Waals surface area (Å²) in [6, 6.07) is 0.170. The van der Waals surface area contributed by atoms with Gasteiger partial charge in [0.05, 0.1) is 6.20 Å². The molecule has 0 radical (unpaired) electrons. The number of hydrogen-bond acceptors (Lipinski definition) is 6. The predicted octanol–water partition coefficient (Wildman–Crippen LogP) is 0.883. The topological polar surface area (TPSA) is 88.8 Å². The minimum absolute atomic E-state index is 0.147. The van der Waals surface area contributed by atoms with Gasteiger partial charge in [-0.15, -0.1) is 5.10 Å². The van der Waals surface area contributed by atoms with Gasteiger partial charge in [-0.25, -0.2) is 9.97 Å². The van der Waals surface area contributed by atoms with Crippen molar-refractivity contribution < 1.29 is 4.79 Å². The molecule has 1 aliphatic heterocycles. The summed E-state index contributed by atoms with van der Waals surface area (Å²) < 4.78 is 1.54. The van der Waals surface area contributed by atoms with Crippen LogP contribution in [0.3, 0.4) is 0 Å². The Labute approximate surface area is 146 Å². The predicted molar refractivity (Wildman–Crippen MR) is 92.4 cm³/mol. The minimum Gasteiger partial charge on any atom is -0.356 e. The molecule has 3 heterocycles. The number of carbonyl (C=O) groups is 1. The van der Waals surface area contributed by atoms with Gasteiger partial charge >= 0.3 is 0 Å². The van der Waals surface area contributed by atoms with Gasteiger partial charge in [-0.2, -0.15) is 0 Å². The van der Waals surface area contributed by atoms with Crippen molar-refractivity contribution >= 4 is 11.7 Å². The third-order valence-electron chi connectivity index (χ3n) is 5.07. The van der Waals surface area contributed by atoms with Crippen LogP contribution in [-0.2, 0) is 19.9 Å². The Hall–Kier alpha value is -2.51. The van der Waals surface area contributed by atoms with Crippen molar-refractivity contribution in [3.63, 3.8) is 0 Å². The van der Waals surface area contributed by atoms with E-state index in [1.165, 1.54) is 28.8 Å². The zero-order valence-electron chi connectivity index (χ0n) is 14.5. The SMILES string of the molecule is Cn1cc(C(=O)NC2CCN(c3ncnc4c3CCCC4)CC2)nn1. The lowest BCUT2D eigenvalue weighted by Gasteiger charge is -2.34. The van der Waals surface area contributed by atoms with Crippen LogP contribution in [-0.4, -0.2) is 50.0 Å². The highest BCUT2D eigenvalue weighted by Crippen LogP contribution is 2.28. The Kier molecular flexibility index (Phi) is 4.33. The molecule has 8 heteroatoms. The average Bonchev–Trinajstić information content (AvgIpc) is 3.08. The summed E-state index contributed by atoms with van der Waals surface area (Å²) in [5.41, 5.74) is 2.92. The lowest BCUT2D eigenvalue weighted by Crippen LogP contribution is -2.45. The van der Waals surface area contributed by atoms with Crippen LogP contribution in [0.25, 0.3) is 0 Å². The molecule has 2 aromatic rings. The number of nitrogens with zero attached hydrogens (tertiary/aromatic N) is 6. The summed E-state index contributed by atoms with van der Waals surface area (Å²) >= 11 is 0. The van der Waals surface area contributed by atoms with Crippen LogP contribution in [0.15, 0.2) is 12.5 Å². The average molecular weight is 341 g/mol. The molecule has 25 heavy (non-hydrogen) atoms. The van der Waals surface area contributed by atoms with Gasteiger partial charge in [-0.1, -0.05) is 5.21 Å². The van der Waals surface area contributed by atoms with E-state index in [1.807, 2.05) is 0 Å². The first-order valence-corrected chi connectivity index (χ1v) is 8.95. The quantitative estimate of drug-likeness (QED) is 0.892. The van der Waals surface area contributed by atoms with Crippen LogP contribution in [0.1, 0.15) is 47.4 Å². The number of rotatable bonds is 3. The lowest BCUT2D eigenvalue weighted by atomic mass is 9.95. The second-order valence-corrected chi connectivity index (χ2v) is 6.84. The fourth-order valence-corrected chi connectivity index (χ4v) is 3.72. The maximum Gasteiger partial charge on any atom is 0.273 e. The first-order chi connectivity index (χ1) is 12.2. The van der Waals surface area contributed by atoms with Crippen molar-refractivity contribution in [3.8, 4) is 0 Å². The molecule has 1 fully saturated rings. The lowest BCUT2D eigenvalue weighted by molar-refractivity contribution is 0.0926. The Morgan fingerprint density at radius 3 is 2.76 bits per heavy atom. The Morgan fingerprint density at radius 2 is 2.00 bits per heavy atom. The summed E-state index contributed by atoms with van der Waals surface area (Å²) in [7, 11) is 1.75. The maximum absolute atomic E-state index is 12.2. The third-order valence-corrected chi connectivity index (χ3v) is 5.07. The molecule has 2 aliphatic rings. The smallest absolute Gasteiger partial charge is 0.273 e. The van der Waals surface area contributed by atoms with E-state index in [0.29, 0.717) is 5.69 Å². The van der Waals surface area contributed by atoms with Gasteiger partial charge in [-0.05, 0) is 38.5 Å². The molecule has 1 aliphatic carbocycles. The van der Waals surface area contributed by atoms with Crippen molar-refractivity contribution in [2.24, 2.45) is 7.05 Å². The van der Waals surface area contributed by atoms with E-state index < -0.39 is 0 Å². The van der Waals surface area contributed by atoms with Crippen LogP contribution < -0.4 is 10.2 Å². The fraction of sp³-hybridized carbons (Fsp3) is 0.588. The van der Waals surface area contributed by atoms with Crippen molar-refractivity contribution in [2.45, 2.75) is 44.6 Å². The minimum atomic E-state index is -0.147. The van der Waals surface area contributed by atoms with E-state index in [0.717, 1.165) is 44.6 Å². The Morgan fingerprint density at radius 1 is 1.20 bits per heavy atom. The number of anilines is 1. The zero-order chi connectivity index (χ0) is 17.2. The summed E-state index contributed by atoms with van der Waals surface area (Å²) in [4.78, 5) is 23.6. The number of amides is 1. The number of fused-ring (bicyclic) bond motifs is 1. The summed E-state index contributed by atoms with van der Waals surface area (Å²) in [5, 5.41) is 10.7. The van der Waals surface area contributed by atoms with Crippen molar-refractivity contribution in [1.82, 2.24) is 30.3 Å². The van der Waals surface area contributed by atoms with E-state index in [9.17, 15) is 4.79 Å². The van der Waals surface area contributed by atoms with Gasteiger partial charge in [0.1, 0.15) is 12.1 Å². The zero-order valence-corrected chi connectivity index (χ0v) is 14.5. The highest BCUT2D eigenvalue weighted by atomic mass is 16.2. The molecule has 0 atom stereocenters. The van der Waals surface area contributed by atoms with Gasteiger partial charge in [0.2, 0.25) is 0 Å². The molecule has 0 unspecified atom stereocenters. The molecule has 0 spiro atoms. The highest BCUT2D eigenvalue weighted by molar-refractivity contribution is 5.92. The number of carbonyl (C=O) groups excluding carboxylic acids is 1. The number of piperidine rings is 1. The molecule has 0 bridgehead atoms. The highest BCUT2D eigenvalue weighted by Gasteiger charge is 2.26. The van der Waals surface area contributed by atoms with E-state index in [4.69, 9.17) is 0 Å². The largest absolute Gasteiger partial charge is 0.356 e. The molecule has 1 saturated heterocycles. The van der Waals surface area contributed by atoms with Crippen molar-refractivity contribution in [1.29, 1.82) is 0 Å². The molecule has 4 rings (SSSR count). The molecule has 1 amide bonds. The molecule has 0 aromatic carbocycles.